The maximum atomic E-state index is 11.9. The van der Waals surface area contributed by atoms with Gasteiger partial charge in [0.1, 0.15) is 5.75 Å². The molecular formula is C12H10N2O2S. The van der Waals surface area contributed by atoms with Crippen molar-refractivity contribution < 1.29 is 9.53 Å². The van der Waals surface area contributed by atoms with E-state index in [1.807, 2.05) is 17.5 Å². The van der Waals surface area contributed by atoms with Crippen molar-refractivity contribution in [2.75, 3.05) is 11.9 Å². The van der Waals surface area contributed by atoms with Crippen LogP contribution in [-0.4, -0.2) is 17.5 Å². The van der Waals surface area contributed by atoms with E-state index < -0.39 is 0 Å². The van der Waals surface area contributed by atoms with Crippen molar-refractivity contribution in [3.05, 3.63) is 40.9 Å². The third-order valence-electron chi connectivity index (χ3n) is 2.60. The van der Waals surface area contributed by atoms with Crippen LogP contribution in [0.5, 0.6) is 5.75 Å². The molecule has 17 heavy (non-hydrogen) atoms. The number of thiazole rings is 1. The highest BCUT2D eigenvalue weighted by Crippen LogP contribution is 2.26. The first kappa shape index (κ1) is 10.3. The highest BCUT2D eigenvalue weighted by molar-refractivity contribution is 7.13. The van der Waals surface area contributed by atoms with E-state index in [1.54, 1.807) is 12.3 Å². The van der Waals surface area contributed by atoms with Crippen LogP contribution in [0.3, 0.4) is 0 Å². The fourth-order valence-electron chi connectivity index (χ4n) is 1.78. The summed E-state index contributed by atoms with van der Waals surface area (Å²) in [5.41, 5.74) is 1.74. The number of nitrogens with zero attached hydrogens (tertiary/aromatic N) is 1. The highest BCUT2D eigenvalue weighted by atomic mass is 32.1. The molecule has 86 valence electrons. The number of anilines is 1. The van der Waals surface area contributed by atoms with E-state index in [2.05, 4.69) is 10.3 Å². The van der Waals surface area contributed by atoms with Crippen LogP contribution in [0.15, 0.2) is 29.8 Å². The van der Waals surface area contributed by atoms with Crippen LogP contribution in [0.25, 0.3) is 0 Å². The van der Waals surface area contributed by atoms with Gasteiger partial charge in [0, 0.05) is 23.6 Å². The molecule has 1 aromatic heterocycles. The molecule has 1 aliphatic heterocycles. The van der Waals surface area contributed by atoms with E-state index >= 15 is 0 Å². The summed E-state index contributed by atoms with van der Waals surface area (Å²) in [6.45, 7) is 0.701. The van der Waals surface area contributed by atoms with Gasteiger partial charge in [-0.2, -0.15) is 0 Å². The number of fused-ring (bicyclic) bond motifs is 1. The Labute approximate surface area is 102 Å². The number of carbonyl (C=O) groups excluding carboxylic acids is 1. The van der Waals surface area contributed by atoms with Crippen molar-refractivity contribution in [1.29, 1.82) is 0 Å². The van der Waals surface area contributed by atoms with Gasteiger partial charge in [-0.1, -0.05) is 0 Å². The van der Waals surface area contributed by atoms with Gasteiger partial charge < -0.3 is 4.74 Å². The molecule has 0 atom stereocenters. The molecule has 5 heteroatoms. The fourth-order valence-corrected chi connectivity index (χ4v) is 2.31. The second-order valence-corrected chi connectivity index (χ2v) is 4.61. The number of ether oxygens (including phenoxy) is 1. The minimum absolute atomic E-state index is 0.130. The maximum Gasteiger partial charge on any atom is 0.257 e. The summed E-state index contributed by atoms with van der Waals surface area (Å²) in [5, 5.41) is 5.20. The van der Waals surface area contributed by atoms with Crippen molar-refractivity contribution in [1.82, 2.24) is 4.98 Å². The number of carbonyl (C=O) groups is 1. The molecule has 1 amide bonds. The van der Waals surface area contributed by atoms with E-state index in [9.17, 15) is 4.79 Å². The molecule has 0 radical (unpaired) electrons. The number of aromatic nitrogens is 1. The Bertz CT molecular complexity index is 552. The standard InChI is InChI=1S/C12H10N2O2S/c15-11(14-12-13-4-6-17-12)9-1-2-10-8(7-9)3-5-16-10/h1-2,4,6-7H,3,5H2,(H,13,14,15). The number of benzene rings is 1. The van der Waals surface area contributed by atoms with E-state index in [0.717, 1.165) is 17.7 Å². The van der Waals surface area contributed by atoms with Crippen molar-refractivity contribution in [3.8, 4) is 5.75 Å². The molecule has 0 bridgehead atoms. The Kier molecular flexibility index (Phi) is 2.53. The molecular weight excluding hydrogens is 236 g/mol. The Morgan fingerprint density at radius 3 is 3.24 bits per heavy atom. The summed E-state index contributed by atoms with van der Waals surface area (Å²) in [4.78, 5) is 15.9. The van der Waals surface area contributed by atoms with Gasteiger partial charge >= 0.3 is 0 Å². The third-order valence-corrected chi connectivity index (χ3v) is 3.29. The van der Waals surface area contributed by atoms with Gasteiger partial charge in [0.2, 0.25) is 0 Å². The van der Waals surface area contributed by atoms with E-state index in [4.69, 9.17) is 4.74 Å². The molecule has 0 saturated heterocycles. The number of hydrogen-bond donors (Lipinski definition) is 1. The lowest BCUT2D eigenvalue weighted by Crippen LogP contribution is -2.11. The van der Waals surface area contributed by atoms with E-state index in [0.29, 0.717) is 17.3 Å². The first-order chi connectivity index (χ1) is 8.33. The predicted molar refractivity (Wildman–Crippen MR) is 65.7 cm³/mol. The lowest BCUT2D eigenvalue weighted by Gasteiger charge is -2.03. The van der Waals surface area contributed by atoms with Crippen LogP contribution in [0, 0.1) is 0 Å². The zero-order valence-electron chi connectivity index (χ0n) is 8.97. The smallest absolute Gasteiger partial charge is 0.257 e. The van der Waals surface area contributed by atoms with Gasteiger partial charge in [0.25, 0.3) is 5.91 Å². The van der Waals surface area contributed by atoms with Crippen LogP contribution in [-0.2, 0) is 6.42 Å². The Morgan fingerprint density at radius 2 is 2.41 bits per heavy atom. The average molecular weight is 246 g/mol. The SMILES string of the molecule is O=C(Nc1nccs1)c1ccc2c(c1)CCO2. The van der Waals surface area contributed by atoms with Crippen LogP contribution in [0.2, 0.25) is 0 Å². The van der Waals surface area contributed by atoms with Crippen LogP contribution < -0.4 is 10.1 Å². The van der Waals surface area contributed by atoms with E-state index in [1.165, 1.54) is 11.3 Å². The molecule has 4 nitrogen and oxygen atoms in total. The zero-order chi connectivity index (χ0) is 11.7. The van der Waals surface area contributed by atoms with Gasteiger partial charge in [-0.3, -0.25) is 10.1 Å². The van der Waals surface area contributed by atoms with Gasteiger partial charge in [-0.05, 0) is 23.8 Å². The summed E-state index contributed by atoms with van der Waals surface area (Å²) >= 11 is 1.40. The molecule has 0 unspecified atom stereocenters. The summed E-state index contributed by atoms with van der Waals surface area (Å²) in [6, 6.07) is 5.50. The summed E-state index contributed by atoms with van der Waals surface area (Å²) in [5.74, 6) is 0.755. The van der Waals surface area contributed by atoms with Gasteiger partial charge in [0.05, 0.1) is 6.61 Å². The Balaban J connectivity index is 1.82. The molecule has 1 N–H and O–H groups in total. The van der Waals surface area contributed by atoms with Crippen LogP contribution >= 0.6 is 11.3 Å². The molecule has 2 aromatic rings. The number of amides is 1. The summed E-state index contributed by atoms with van der Waals surface area (Å²) in [6.07, 6.45) is 2.53. The Morgan fingerprint density at radius 1 is 1.47 bits per heavy atom. The maximum absolute atomic E-state index is 11.9. The van der Waals surface area contributed by atoms with Crippen molar-refractivity contribution in [3.63, 3.8) is 0 Å². The molecule has 0 aliphatic carbocycles. The third kappa shape index (κ3) is 2.01. The largest absolute Gasteiger partial charge is 0.493 e. The van der Waals surface area contributed by atoms with Crippen molar-refractivity contribution in [2.24, 2.45) is 0 Å². The average Bonchev–Trinajstić information content (AvgIpc) is 2.97. The number of rotatable bonds is 2. The first-order valence-corrected chi connectivity index (χ1v) is 6.17. The van der Waals surface area contributed by atoms with Gasteiger partial charge in [-0.15, -0.1) is 11.3 Å². The number of nitrogens with one attached hydrogen (secondary N) is 1. The van der Waals surface area contributed by atoms with Gasteiger partial charge in [-0.25, -0.2) is 4.98 Å². The lowest BCUT2D eigenvalue weighted by molar-refractivity contribution is 0.102. The normalized spacial score (nSPS) is 12.9. The highest BCUT2D eigenvalue weighted by Gasteiger charge is 2.15. The second kappa shape index (κ2) is 4.18. The quantitative estimate of drug-likeness (QED) is 0.884. The molecule has 3 rings (SSSR count). The monoisotopic (exact) mass is 246 g/mol. The molecule has 0 fully saturated rings. The lowest BCUT2D eigenvalue weighted by atomic mass is 10.1. The van der Waals surface area contributed by atoms with Crippen molar-refractivity contribution >= 4 is 22.4 Å². The first-order valence-electron chi connectivity index (χ1n) is 5.29. The zero-order valence-corrected chi connectivity index (χ0v) is 9.79. The summed E-state index contributed by atoms with van der Waals surface area (Å²) in [7, 11) is 0. The van der Waals surface area contributed by atoms with Crippen molar-refractivity contribution in [2.45, 2.75) is 6.42 Å². The van der Waals surface area contributed by atoms with Crippen LogP contribution in [0.4, 0.5) is 5.13 Å². The second-order valence-electron chi connectivity index (χ2n) is 3.71. The molecule has 0 saturated carbocycles. The van der Waals surface area contributed by atoms with Gasteiger partial charge in [0.15, 0.2) is 5.13 Å². The number of hydrogen-bond acceptors (Lipinski definition) is 4. The minimum atomic E-state index is -0.130. The predicted octanol–water partition coefficient (Wildman–Crippen LogP) is 2.33. The molecule has 1 aliphatic rings. The molecule has 1 aromatic carbocycles. The molecule has 2 heterocycles. The fraction of sp³-hybridized carbons (Fsp3) is 0.167. The molecule has 0 spiro atoms. The minimum Gasteiger partial charge on any atom is -0.493 e. The van der Waals surface area contributed by atoms with Crippen LogP contribution in [0.1, 0.15) is 15.9 Å². The van der Waals surface area contributed by atoms with E-state index in [-0.39, 0.29) is 5.91 Å². The Hall–Kier alpha value is -1.88. The topological polar surface area (TPSA) is 51.2 Å². The summed E-state index contributed by atoms with van der Waals surface area (Å²) < 4.78 is 5.40.